The second kappa shape index (κ2) is 10.6. The van der Waals surface area contributed by atoms with Crippen molar-refractivity contribution in [1.29, 1.82) is 0 Å². The lowest BCUT2D eigenvalue weighted by atomic mass is 10.0. The van der Waals surface area contributed by atoms with Crippen LogP contribution >= 0.6 is 35.3 Å². The molecule has 2 aromatic heterocycles. The molecule has 17 heteroatoms. The van der Waals surface area contributed by atoms with Crippen molar-refractivity contribution in [2.45, 2.75) is 27.3 Å². The standard InChI is InChI=1S/C18H17N5O8S4/c24-11(7-32-10-1-3-19-4-2-10)20-13-15(25)23-14(17(26)27)9(5-33-16(13)23)6-34-18-22-21-12(31-18)8-35(28,29)30/h1-4,13,16H,5-8H2,(H,20,24)(H,26,27)(H,28,29,30). The Bertz CT molecular complexity index is 1280. The summed E-state index contributed by atoms with van der Waals surface area (Å²) in [5.74, 6) is -2.81. The first-order chi connectivity index (χ1) is 16.6. The van der Waals surface area contributed by atoms with Crippen LogP contribution in [0.1, 0.15) is 5.89 Å². The lowest BCUT2D eigenvalue weighted by Gasteiger charge is -2.49. The summed E-state index contributed by atoms with van der Waals surface area (Å²) >= 11 is 3.59. The maximum atomic E-state index is 12.7. The van der Waals surface area contributed by atoms with Gasteiger partial charge in [-0.15, -0.1) is 33.7 Å². The molecule has 2 atom stereocenters. The first-order valence-electron chi connectivity index (χ1n) is 9.75. The molecule has 3 N–H and O–H groups in total. The van der Waals surface area contributed by atoms with E-state index < -0.39 is 39.2 Å². The number of hydrogen-bond donors (Lipinski definition) is 3. The Morgan fingerprint density at radius 3 is 2.69 bits per heavy atom. The van der Waals surface area contributed by atoms with Crippen molar-refractivity contribution >= 4 is 63.2 Å². The summed E-state index contributed by atoms with van der Waals surface area (Å²) in [6.07, 6.45) is 3.22. The molecule has 0 aromatic carbocycles. The van der Waals surface area contributed by atoms with Gasteiger partial charge < -0.3 is 14.8 Å². The van der Waals surface area contributed by atoms with Crippen molar-refractivity contribution in [3.05, 3.63) is 41.7 Å². The minimum absolute atomic E-state index is 0.0141. The Kier molecular flexibility index (Phi) is 7.70. The number of rotatable bonds is 10. The van der Waals surface area contributed by atoms with Crippen LogP contribution in [-0.4, -0.2) is 84.6 Å². The van der Waals surface area contributed by atoms with Crippen LogP contribution in [0.4, 0.5) is 0 Å². The average Bonchev–Trinajstić information content (AvgIpc) is 3.25. The zero-order chi connectivity index (χ0) is 25.2. The van der Waals surface area contributed by atoms with Crippen molar-refractivity contribution in [3.63, 3.8) is 0 Å². The van der Waals surface area contributed by atoms with Crippen LogP contribution in [0.2, 0.25) is 0 Å². The number of amides is 2. The van der Waals surface area contributed by atoms with Gasteiger partial charge in [0.15, 0.2) is 5.75 Å². The second-order valence-electron chi connectivity index (χ2n) is 7.16. The fourth-order valence-electron chi connectivity index (χ4n) is 3.25. The Hall–Kier alpha value is -2.60. The van der Waals surface area contributed by atoms with Gasteiger partial charge in [-0.1, -0.05) is 11.8 Å². The molecule has 4 heterocycles. The van der Waals surface area contributed by atoms with Crippen LogP contribution in [0.3, 0.4) is 0 Å². The summed E-state index contributed by atoms with van der Waals surface area (Å²) in [4.78, 5) is 42.9. The van der Waals surface area contributed by atoms with Crippen molar-refractivity contribution < 1.29 is 36.9 Å². The fourth-order valence-corrected chi connectivity index (χ4v) is 6.64. The number of carboxylic acid groups (broad SMARTS) is 1. The molecular formula is C18H17N5O8S4. The summed E-state index contributed by atoms with van der Waals surface area (Å²) in [5, 5.41) is 19.0. The molecule has 2 amide bonds. The van der Waals surface area contributed by atoms with Crippen LogP contribution in [0.15, 0.2) is 50.3 Å². The normalized spacial score (nSPS) is 19.8. The van der Waals surface area contributed by atoms with E-state index in [1.54, 1.807) is 24.5 Å². The van der Waals surface area contributed by atoms with Gasteiger partial charge in [0.25, 0.3) is 21.2 Å². The highest BCUT2D eigenvalue weighted by atomic mass is 32.2. The number of β-lactam (4-membered cyclic amide) rings is 1. The molecule has 1 fully saturated rings. The minimum atomic E-state index is -4.34. The van der Waals surface area contributed by atoms with E-state index in [1.165, 1.54) is 23.5 Å². The molecule has 0 spiro atoms. The van der Waals surface area contributed by atoms with E-state index in [0.717, 1.165) is 21.6 Å². The molecule has 2 aliphatic heterocycles. The first-order valence-corrected chi connectivity index (χ1v) is 14.4. The topological polar surface area (TPSA) is 193 Å². The molecule has 4 rings (SSSR count). The summed E-state index contributed by atoms with van der Waals surface area (Å²) in [7, 11) is -4.34. The summed E-state index contributed by atoms with van der Waals surface area (Å²) in [6.45, 7) is 0. The predicted octanol–water partition coefficient (Wildman–Crippen LogP) is 0.475. The van der Waals surface area contributed by atoms with Crippen molar-refractivity contribution in [3.8, 4) is 0 Å². The minimum Gasteiger partial charge on any atom is -0.477 e. The summed E-state index contributed by atoms with van der Waals surface area (Å²) < 4.78 is 35.8. The number of carboxylic acids is 1. The number of carbonyl (C=O) groups is 3. The Labute approximate surface area is 211 Å². The van der Waals surface area contributed by atoms with Gasteiger partial charge in [0, 0.05) is 28.8 Å². The Morgan fingerprint density at radius 2 is 2.00 bits per heavy atom. The molecule has 13 nitrogen and oxygen atoms in total. The van der Waals surface area contributed by atoms with Gasteiger partial charge in [-0.25, -0.2) is 4.79 Å². The number of pyridine rings is 1. The number of carbonyl (C=O) groups excluding carboxylic acids is 2. The number of nitrogens with zero attached hydrogens (tertiary/aromatic N) is 4. The van der Waals surface area contributed by atoms with Gasteiger partial charge in [0.05, 0.1) is 5.75 Å². The second-order valence-corrected chi connectivity index (χ2v) is 11.7. The van der Waals surface area contributed by atoms with Crippen LogP contribution in [0.5, 0.6) is 0 Å². The van der Waals surface area contributed by atoms with Crippen molar-refractivity contribution in [2.75, 3.05) is 17.3 Å². The fraction of sp³-hybridized carbons (Fsp3) is 0.333. The highest BCUT2D eigenvalue weighted by Crippen LogP contribution is 2.41. The molecule has 186 valence electrons. The molecule has 0 saturated carbocycles. The molecule has 2 aromatic rings. The molecule has 0 radical (unpaired) electrons. The number of nitrogens with one attached hydrogen (secondary N) is 1. The molecule has 2 aliphatic rings. The molecule has 35 heavy (non-hydrogen) atoms. The first kappa shape index (κ1) is 25.5. The van der Waals surface area contributed by atoms with Gasteiger partial charge in [-0.2, -0.15) is 8.42 Å². The quantitative estimate of drug-likeness (QED) is 0.207. The number of fused-ring (bicyclic) bond motifs is 1. The maximum absolute atomic E-state index is 12.7. The van der Waals surface area contributed by atoms with Crippen molar-refractivity contribution in [1.82, 2.24) is 25.4 Å². The van der Waals surface area contributed by atoms with Gasteiger partial charge in [-0.05, 0) is 17.7 Å². The monoisotopic (exact) mass is 559 g/mol. The highest BCUT2D eigenvalue weighted by molar-refractivity contribution is 8.01. The third-order valence-electron chi connectivity index (χ3n) is 4.71. The SMILES string of the molecule is O=C(CSc1ccncc1)NC1C(=O)N2C(C(=O)O)=C(CSc3nnc(CS(=O)(=O)O)o3)CSC12. The van der Waals surface area contributed by atoms with E-state index >= 15 is 0 Å². The highest BCUT2D eigenvalue weighted by Gasteiger charge is 2.54. The Morgan fingerprint density at radius 1 is 1.26 bits per heavy atom. The molecule has 2 unspecified atom stereocenters. The van der Waals surface area contributed by atoms with Gasteiger partial charge >= 0.3 is 5.97 Å². The van der Waals surface area contributed by atoms with E-state index in [9.17, 15) is 27.9 Å². The smallest absolute Gasteiger partial charge is 0.352 e. The van der Waals surface area contributed by atoms with E-state index in [4.69, 9.17) is 8.97 Å². The van der Waals surface area contributed by atoms with Gasteiger partial charge in [0.1, 0.15) is 17.1 Å². The van der Waals surface area contributed by atoms with Crippen LogP contribution in [0.25, 0.3) is 0 Å². The molecule has 1 saturated heterocycles. The van der Waals surface area contributed by atoms with E-state index in [-0.39, 0.29) is 40.0 Å². The Balaban J connectivity index is 1.37. The predicted molar refractivity (Wildman–Crippen MR) is 125 cm³/mol. The van der Waals surface area contributed by atoms with Gasteiger partial charge in [-0.3, -0.25) is 24.0 Å². The summed E-state index contributed by atoms with van der Waals surface area (Å²) in [6, 6.07) is 2.70. The number of thioether (sulfide) groups is 3. The lowest BCUT2D eigenvalue weighted by Crippen LogP contribution is -2.70. The molecule has 0 bridgehead atoms. The maximum Gasteiger partial charge on any atom is 0.352 e. The van der Waals surface area contributed by atoms with Crippen LogP contribution in [0, 0.1) is 0 Å². The third kappa shape index (κ3) is 6.16. The lowest BCUT2D eigenvalue weighted by molar-refractivity contribution is -0.150. The van der Waals surface area contributed by atoms with Crippen LogP contribution in [-0.2, 0) is 30.3 Å². The van der Waals surface area contributed by atoms with Crippen LogP contribution < -0.4 is 5.32 Å². The average molecular weight is 560 g/mol. The zero-order valence-corrected chi connectivity index (χ0v) is 20.8. The number of aromatic nitrogens is 3. The summed E-state index contributed by atoms with van der Waals surface area (Å²) in [5.41, 5.74) is 0.269. The number of aliphatic carboxylic acids is 1. The largest absolute Gasteiger partial charge is 0.477 e. The molecular weight excluding hydrogens is 542 g/mol. The van der Waals surface area contributed by atoms with E-state index in [2.05, 4.69) is 20.5 Å². The van der Waals surface area contributed by atoms with Gasteiger partial charge in [0.2, 0.25) is 11.8 Å². The zero-order valence-electron chi connectivity index (χ0n) is 17.6. The van der Waals surface area contributed by atoms with Crippen molar-refractivity contribution in [2.24, 2.45) is 0 Å². The van der Waals surface area contributed by atoms with E-state index in [0.29, 0.717) is 5.57 Å². The molecule has 0 aliphatic carbocycles. The third-order valence-corrected chi connectivity index (χ3v) is 8.58. The van der Waals surface area contributed by atoms with E-state index in [1.807, 2.05) is 0 Å². The number of hydrogen-bond acceptors (Lipinski definition) is 12.